The maximum absolute atomic E-state index is 10.4. The number of benzene rings is 1. The molecule has 22 heavy (non-hydrogen) atoms. The van der Waals surface area contributed by atoms with E-state index in [1.165, 1.54) is 0 Å². The van der Waals surface area contributed by atoms with Crippen LogP contribution >= 0.6 is 0 Å². The van der Waals surface area contributed by atoms with Crippen LogP contribution in [-0.2, 0) is 0 Å². The van der Waals surface area contributed by atoms with Gasteiger partial charge in [-0.25, -0.2) is 0 Å². The van der Waals surface area contributed by atoms with E-state index >= 15 is 0 Å². The lowest BCUT2D eigenvalue weighted by Crippen LogP contribution is -2.34. The van der Waals surface area contributed by atoms with Crippen molar-refractivity contribution in [3.63, 3.8) is 0 Å². The molecule has 0 unspecified atom stereocenters. The fourth-order valence-electron chi connectivity index (χ4n) is 3.26. The highest BCUT2D eigenvalue weighted by Gasteiger charge is 2.29. The number of aliphatic hydroxyl groups excluding tert-OH is 2. The first kappa shape index (κ1) is 15.3. The zero-order valence-electron chi connectivity index (χ0n) is 12.6. The second-order valence-electron chi connectivity index (χ2n) is 5.98. The number of hydrogen-bond donors (Lipinski definition) is 2. The van der Waals surface area contributed by atoms with Crippen LogP contribution < -0.4 is 0 Å². The van der Waals surface area contributed by atoms with E-state index in [9.17, 15) is 10.2 Å². The van der Waals surface area contributed by atoms with E-state index in [0.717, 1.165) is 24.9 Å². The number of nitrogens with zero attached hydrogens (tertiary/aromatic N) is 1. The lowest BCUT2D eigenvalue weighted by atomic mass is 10.0. The smallest absolute Gasteiger partial charge is 0.132 e. The molecule has 2 N–H and O–H groups in total. The Morgan fingerprint density at radius 1 is 1.09 bits per heavy atom. The zero-order chi connectivity index (χ0) is 15.4. The predicted molar refractivity (Wildman–Crippen MR) is 84.3 cm³/mol. The molecule has 0 bridgehead atoms. The molecule has 0 amide bonds. The van der Waals surface area contributed by atoms with E-state index in [1.54, 1.807) is 12.3 Å². The summed E-state index contributed by atoms with van der Waals surface area (Å²) in [6.45, 7) is 1.58. The fraction of sp³-hybridized carbons (Fsp3) is 0.444. The summed E-state index contributed by atoms with van der Waals surface area (Å²) in [6, 6.07) is 13.6. The second kappa shape index (κ2) is 7.09. The van der Waals surface area contributed by atoms with Crippen LogP contribution in [0.1, 0.15) is 42.8 Å². The molecule has 2 aromatic rings. The maximum atomic E-state index is 10.4. The Morgan fingerprint density at radius 2 is 1.91 bits per heavy atom. The molecule has 2 heterocycles. The van der Waals surface area contributed by atoms with Crippen LogP contribution in [0.2, 0.25) is 0 Å². The molecule has 3 atom stereocenters. The number of furan rings is 1. The average molecular weight is 301 g/mol. The van der Waals surface area contributed by atoms with Crippen molar-refractivity contribution in [2.75, 3.05) is 13.1 Å². The van der Waals surface area contributed by atoms with Gasteiger partial charge in [-0.1, -0.05) is 30.3 Å². The SMILES string of the molecule is O[C@H](CN1CCC[C@@H]1C[C@H](O)c1ccco1)c1ccccc1. The van der Waals surface area contributed by atoms with Gasteiger partial charge in [0.05, 0.1) is 12.4 Å². The topological polar surface area (TPSA) is 56.8 Å². The van der Waals surface area contributed by atoms with Gasteiger partial charge >= 0.3 is 0 Å². The lowest BCUT2D eigenvalue weighted by Gasteiger charge is -2.28. The number of likely N-dealkylation sites (tertiary alicyclic amines) is 1. The summed E-state index contributed by atoms with van der Waals surface area (Å²) in [6.07, 6.45) is 3.34. The van der Waals surface area contributed by atoms with Crippen molar-refractivity contribution in [2.24, 2.45) is 0 Å². The van der Waals surface area contributed by atoms with E-state index in [1.807, 2.05) is 36.4 Å². The minimum atomic E-state index is -0.575. The summed E-state index contributed by atoms with van der Waals surface area (Å²) < 4.78 is 5.27. The average Bonchev–Trinajstić information content (AvgIpc) is 3.20. The molecular formula is C18H23NO3. The minimum Gasteiger partial charge on any atom is -0.467 e. The molecule has 4 heteroatoms. The monoisotopic (exact) mass is 301 g/mol. The van der Waals surface area contributed by atoms with Gasteiger partial charge < -0.3 is 14.6 Å². The van der Waals surface area contributed by atoms with Crippen LogP contribution in [0.25, 0.3) is 0 Å². The van der Waals surface area contributed by atoms with Gasteiger partial charge in [-0.2, -0.15) is 0 Å². The molecule has 118 valence electrons. The highest BCUT2D eigenvalue weighted by Crippen LogP contribution is 2.29. The van der Waals surface area contributed by atoms with Crippen molar-refractivity contribution in [3.05, 3.63) is 60.1 Å². The Bertz CT molecular complexity index is 555. The molecule has 4 nitrogen and oxygen atoms in total. The molecular weight excluding hydrogens is 278 g/mol. The van der Waals surface area contributed by atoms with Gasteiger partial charge in [0.2, 0.25) is 0 Å². The molecule has 1 aliphatic heterocycles. The van der Waals surface area contributed by atoms with Gasteiger partial charge in [-0.3, -0.25) is 4.90 Å². The minimum absolute atomic E-state index is 0.290. The van der Waals surface area contributed by atoms with E-state index in [0.29, 0.717) is 24.8 Å². The van der Waals surface area contributed by atoms with E-state index in [4.69, 9.17) is 4.42 Å². The standard InChI is InChI=1S/C18H23NO3/c20-16(18-9-5-11-22-18)12-15-8-4-10-19(15)13-17(21)14-6-2-1-3-7-14/h1-3,5-7,9,11,15-17,20-21H,4,8,10,12-13H2/t15-,16+,17-/m1/s1. The van der Waals surface area contributed by atoms with Crippen molar-refractivity contribution in [3.8, 4) is 0 Å². The summed E-state index contributed by atoms with van der Waals surface area (Å²) in [7, 11) is 0. The summed E-state index contributed by atoms with van der Waals surface area (Å²) in [4.78, 5) is 2.28. The first-order chi connectivity index (χ1) is 10.7. The summed E-state index contributed by atoms with van der Waals surface area (Å²) in [5, 5.41) is 20.6. The lowest BCUT2D eigenvalue weighted by molar-refractivity contribution is 0.0708. The highest BCUT2D eigenvalue weighted by molar-refractivity contribution is 5.17. The van der Waals surface area contributed by atoms with Crippen LogP contribution in [0.5, 0.6) is 0 Å². The van der Waals surface area contributed by atoms with Gasteiger partial charge in [0, 0.05) is 12.6 Å². The second-order valence-corrected chi connectivity index (χ2v) is 5.98. The number of aliphatic hydroxyl groups is 2. The van der Waals surface area contributed by atoms with Crippen molar-refractivity contribution >= 4 is 0 Å². The van der Waals surface area contributed by atoms with E-state index in [2.05, 4.69) is 4.90 Å². The molecule has 1 aromatic carbocycles. The van der Waals surface area contributed by atoms with Crippen LogP contribution in [0.3, 0.4) is 0 Å². The van der Waals surface area contributed by atoms with Crippen molar-refractivity contribution in [2.45, 2.75) is 37.5 Å². The largest absolute Gasteiger partial charge is 0.467 e. The van der Waals surface area contributed by atoms with Crippen molar-refractivity contribution in [1.82, 2.24) is 4.90 Å². The molecule has 0 saturated carbocycles. The van der Waals surface area contributed by atoms with Crippen LogP contribution in [0.4, 0.5) is 0 Å². The molecule has 1 saturated heterocycles. The molecule has 1 fully saturated rings. The normalized spacial score (nSPS) is 21.8. The molecule has 3 rings (SSSR count). The number of β-amino-alcohol motifs (C(OH)–C–C–N with tert-alkyl or cyclic N) is 1. The quantitative estimate of drug-likeness (QED) is 0.861. The Kier molecular flexibility index (Phi) is 4.93. The summed E-state index contributed by atoms with van der Waals surface area (Å²) in [5.74, 6) is 0.621. The Morgan fingerprint density at radius 3 is 2.64 bits per heavy atom. The Labute approximate surface area is 131 Å². The van der Waals surface area contributed by atoms with Gasteiger partial charge in [0.15, 0.2) is 0 Å². The molecule has 1 aliphatic rings. The summed E-state index contributed by atoms with van der Waals surface area (Å²) >= 11 is 0. The predicted octanol–water partition coefficient (Wildman–Crippen LogP) is 2.90. The molecule has 0 radical (unpaired) electrons. The Hall–Kier alpha value is -1.62. The van der Waals surface area contributed by atoms with Crippen LogP contribution in [0, 0.1) is 0 Å². The van der Waals surface area contributed by atoms with Crippen LogP contribution in [0.15, 0.2) is 53.1 Å². The fourth-order valence-corrected chi connectivity index (χ4v) is 3.26. The third kappa shape index (κ3) is 3.58. The summed E-state index contributed by atoms with van der Waals surface area (Å²) in [5.41, 5.74) is 0.944. The van der Waals surface area contributed by atoms with Gasteiger partial charge in [-0.15, -0.1) is 0 Å². The zero-order valence-corrected chi connectivity index (χ0v) is 12.6. The van der Waals surface area contributed by atoms with Crippen molar-refractivity contribution in [1.29, 1.82) is 0 Å². The third-order valence-electron chi connectivity index (χ3n) is 4.46. The molecule has 0 spiro atoms. The Balaban J connectivity index is 1.59. The molecule has 0 aliphatic carbocycles. The van der Waals surface area contributed by atoms with Gasteiger partial charge in [-0.05, 0) is 43.5 Å². The highest BCUT2D eigenvalue weighted by atomic mass is 16.4. The van der Waals surface area contributed by atoms with E-state index in [-0.39, 0.29) is 0 Å². The van der Waals surface area contributed by atoms with Gasteiger partial charge in [0.1, 0.15) is 11.9 Å². The van der Waals surface area contributed by atoms with Crippen molar-refractivity contribution < 1.29 is 14.6 Å². The third-order valence-corrected chi connectivity index (χ3v) is 4.46. The maximum Gasteiger partial charge on any atom is 0.132 e. The van der Waals surface area contributed by atoms with E-state index < -0.39 is 12.2 Å². The number of hydrogen-bond acceptors (Lipinski definition) is 4. The van der Waals surface area contributed by atoms with Crippen LogP contribution in [-0.4, -0.2) is 34.2 Å². The first-order valence-corrected chi connectivity index (χ1v) is 7.92. The van der Waals surface area contributed by atoms with Gasteiger partial charge in [0.25, 0.3) is 0 Å². The molecule has 1 aromatic heterocycles. The first-order valence-electron chi connectivity index (χ1n) is 7.92. The number of rotatable bonds is 6.